The smallest absolute Gasteiger partial charge is 0.313 e. The van der Waals surface area contributed by atoms with Gasteiger partial charge in [-0.3, -0.25) is 9.37 Å². The highest BCUT2D eigenvalue weighted by Gasteiger charge is 2.29. The van der Waals surface area contributed by atoms with Crippen LogP contribution in [-0.2, 0) is 20.7 Å². The van der Waals surface area contributed by atoms with Crippen LogP contribution < -0.4 is 9.93 Å². The van der Waals surface area contributed by atoms with E-state index < -0.39 is 6.10 Å². The number of methoxy groups -OCH3 is 1. The van der Waals surface area contributed by atoms with E-state index in [2.05, 4.69) is 11.1 Å². The summed E-state index contributed by atoms with van der Waals surface area (Å²) in [6.45, 7) is 1.67. The maximum absolute atomic E-state index is 12.3. The second-order valence-electron chi connectivity index (χ2n) is 5.17. The first kappa shape index (κ1) is 15.7. The first-order valence-corrected chi connectivity index (χ1v) is 8.12. The molecule has 1 fully saturated rings. The van der Waals surface area contributed by atoms with Crippen LogP contribution in [0.3, 0.4) is 0 Å². The van der Waals surface area contributed by atoms with Gasteiger partial charge < -0.3 is 14.5 Å². The molecule has 1 aromatic heterocycles. The summed E-state index contributed by atoms with van der Waals surface area (Å²) in [7, 11) is 1.54. The third-order valence-electron chi connectivity index (χ3n) is 3.54. The number of nitrogens with zero attached hydrogens (tertiary/aromatic N) is 3. The fraction of sp³-hybridized carbons (Fsp3) is 0.375. The van der Waals surface area contributed by atoms with Crippen molar-refractivity contribution in [2.45, 2.75) is 25.4 Å². The molecular weight excluding hydrogens is 314 g/mol. The summed E-state index contributed by atoms with van der Waals surface area (Å²) in [5, 5.41) is 10.4. The van der Waals surface area contributed by atoms with Gasteiger partial charge >= 0.3 is 5.91 Å². The summed E-state index contributed by atoms with van der Waals surface area (Å²) < 4.78 is 12.8. The van der Waals surface area contributed by atoms with Crippen molar-refractivity contribution in [2.75, 3.05) is 13.7 Å². The number of amides is 1. The SMILES string of the molecule is COC[C@@H]1O[CH-][N+](=c2cc3sc(CCCC#N)nc3c[cH-]2)C1=O. The molecule has 0 radical (unpaired) electrons. The number of ether oxygens (including phenoxy) is 2. The van der Waals surface area contributed by atoms with Crippen LogP contribution in [0.1, 0.15) is 17.8 Å². The lowest BCUT2D eigenvalue weighted by atomic mass is 10.2. The van der Waals surface area contributed by atoms with E-state index in [1.54, 1.807) is 11.3 Å². The van der Waals surface area contributed by atoms with Gasteiger partial charge in [-0.2, -0.15) is 17.4 Å². The number of aryl methyl sites for hydroxylation is 1. The third kappa shape index (κ3) is 3.29. The average Bonchev–Trinajstić information content (AvgIpc) is 3.11. The number of unbranched alkanes of at least 4 members (excludes halogenated alkanes) is 1. The van der Waals surface area contributed by atoms with Gasteiger partial charge in [0.05, 0.1) is 17.7 Å². The molecule has 0 bridgehead atoms. The number of fused-ring (bicyclic) bond motifs is 1. The second kappa shape index (κ2) is 6.96. The zero-order chi connectivity index (χ0) is 16.2. The molecule has 1 aliphatic heterocycles. The Kier molecular flexibility index (Phi) is 4.76. The van der Waals surface area contributed by atoms with Crippen molar-refractivity contribution >= 4 is 27.5 Å². The maximum Gasteiger partial charge on any atom is 0.313 e. The summed E-state index contributed by atoms with van der Waals surface area (Å²) in [5.74, 6) is -0.134. The normalized spacial score (nSPS) is 19.8. The molecule has 120 valence electrons. The van der Waals surface area contributed by atoms with Crippen molar-refractivity contribution < 1.29 is 14.3 Å². The lowest BCUT2D eigenvalue weighted by molar-refractivity contribution is -0.126. The standard InChI is InChI=1S/C16H16N3O3S/c1-21-9-13-16(20)19(10-22-13)11-5-6-12-14(8-11)23-15(18-12)4-2-3-7-17/h5-6,8,10,13H,2-4,9H2,1H3/q-1/t13-/m0/s1. The van der Waals surface area contributed by atoms with Gasteiger partial charge in [-0.15, -0.1) is 17.4 Å². The molecule has 2 heterocycles. The van der Waals surface area contributed by atoms with Crippen LogP contribution in [0.15, 0.2) is 18.2 Å². The molecule has 3 rings (SSSR count). The number of rotatable bonds is 5. The summed E-state index contributed by atoms with van der Waals surface area (Å²) in [6.07, 6.45) is 1.57. The Morgan fingerprint density at radius 2 is 2.48 bits per heavy atom. The van der Waals surface area contributed by atoms with Gasteiger partial charge in [0.15, 0.2) is 12.8 Å². The van der Waals surface area contributed by atoms with Crippen molar-refractivity contribution in [3.63, 3.8) is 0 Å². The minimum absolute atomic E-state index is 0.134. The minimum Gasteiger partial charge on any atom is -0.382 e. The van der Waals surface area contributed by atoms with Crippen molar-refractivity contribution in [1.82, 2.24) is 9.56 Å². The topological polar surface area (TPSA) is 75.2 Å². The molecule has 0 saturated carbocycles. The highest BCUT2D eigenvalue weighted by molar-refractivity contribution is 7.18. The number of carbonyl (C=O) groups is 1. The molecule has 7 heteroatoms. The summed E-state index contributed by atoms with van der Waals surface area (Å²) in [5.41, 5.74) is 0.909. The lowest BCUT2D eigenvalue weighted by Gasteiger charge is -2.04. The fourth-order valence-corrected chi connectivity index (χ4v) is 3.43. The Morgan fingerprint density at radius 1 is 1.61 bits per heavy atom. The monoisotopic (exact) mass is 330 g/mol. The van der Waals surface area contributed by atoms with Crippen LogP contribution >= 0.6 is 11.3 Å². The molecule has 6 nitrogen and oxygen atoms in total. The van der Waals surface area contributed by atoms with Gasteiger partial charge in [-0.25, -0.2) is 0 Å². The number of aromatic nitrogens is 1. The van der Waals surface area contributed by atoms with Gasteiger partial charge in [0.25, 0.3) is 0 Å². The Labute approximate surface area is 137 Å². The van der Waals surface area contributed by atoms with E-state index in [9.17, 15) is 4.79 Å². The van der Waals surface area contributed by atoms with E-state index in [-0.39, 0.29) is 12.5 Å². The molecule has 1 saturated heterocycles. The van der Waals surface area contributed by atoms with Gasteiger partial charge in [0.1, 0.15) is 0 Å². The Morgan fingerprint density at radius 3 is 3.26 bits per heavy atom. The molecule has 0 unspecified atom stereocenters. The van der Waals surface area contributed by atoms with E-state index in [0.29, 0.717) is 6.42 Å². The summed E-state index contributed by atoms with van der Waals surface area (Å²) in [4.78, 5) is 16.8. The molecule has 1 atom stereocenters. The van der Waals surface area contributed by atoms with E-state index >= 15 is 0 Å². The Balaban J connectivity index is 1.90. The molecule has 1 aromatic carbocycles. The van der Waals surface area contributed by atoms with Crippen molar-refractivity contribution in [1.29, 1.82) is 5.26 Å². The fourth-order valence-electron chi connectivity index (χ4n) is 2.39. The second-order valence-corrected chi connectivity index (χ2v) is 6.28. The summed E-state index contributed by atoms with van der Waals surface area (Å²) >= 11 is 1.60. The third-order valence-corrected chi connectivity index (χ3v) is 4.61. The van der Waals surface area contributed by atoms with E-state index in [1.165, 1.54) is 18.4 Å². The molecular formula is C16H16N3O3S-. The van der Waals surface area contributed by atoms with Crippen LogP contribution in [0.25, 0.3) is 10.2 Å². The van der Waals surface area contributed by atoms with Crippen molar-refractivity contribution in [3.8, 4) is 6.07 Å². The Bertz CT molecular complexity index is 831. The average molecular weight is 330 g/mol. The predicted molar refractivity (Wildman–Crippen MR) is 85.1 cm³/mol. The van der Waals surface area contributed by atoms with Crippen LogP contribution in [0.5, 0.6) is 0 Å². The molecule has 1 aliphatic rings. The molecule has 0 N–H and O–H groups in total. The van der Waals surface area contributed by atoms with Crippen molar-refractivity contribution in [3.05, 3.63) is 35.3 Å². The highest BCUT2D eigenvalue weighted by Crippen LogP contribution is 2.21. The number of carbonyl (C=O) groups excluding carboxylic acids is 1. The van der Waals surface area contributed by atoms with Gasteiger partial charge in [-0.05, 0) is 18.4 Å². The van der Waals surface area contributed by atoms with E-state index in [1.807, 2.05) is 18.2 Å². The van der Waals surface area contributed by atoms with Crippen LogP contribution in [0.4, 0.5) is 0 Å². The number of hydrogen-bond donors (Lipinski definition) is 0. The molecule has 1 amide bonds. The Hall–Kier alpha value is -2.14. The molecule has 2 aromatic rings. The van der Waals surface area contributed by atoms with E-state index in [4.69, 9.17) is 14.7 Å². The van der Waals surface area contributed by atoms with Gasteiger partial charge in [0.2, 0.25) is 0 Å². The number of hydrogen-bond acceptors (Lipinski definition) is 6. The minimum atomic E-state index is -0.585. The first-order valence-electron chi connectivity index (χ1n) is 7.30. The number of benzene rings is 1. The van der Waals surface area contributed by atoms with Crippen LogP contribution in [0, 0.1) is 18.1 Å². The zero-order valence-corrected chi connectivity index (χ0v) is 13.5. The molecule has 0 spiro atoms. The maximum atomic E-state index is 12.3. The first-order chi connectivity index (χ1) is 11.2. The summed E-state index contributed by atoms with van der Waals surface area (Å²) in [6, 6.07) is 7.84. The molecule has 23 heavy (non-hydrogen) atoms. The number of thiazole rings is 1. The van der Waals surface area contributed by atoms with Crippen LogP contribution in [-0.4, -0.2) is 30.7 Å². The van der Waals surface area contributed by atoms with Gasteiger partial charge in [0, 0.05) is 18.9 Å². The number of nitriles is 1. The van der Waals surface area contributed by atoms with Gasteiger partial charge in [-0.1, -0.05) is 4.70 Å². The quantitative estimate of drug-likeness (QED) is 0.470. The predicted octanol–water partition coefficient (Wildman–Crippen LogP) is 1.32. The molecule has 0 aliphatic carbocycles. The van der Waals surface area contributed by atoms with Crippen molar-refractivity contribution in [2.24, 2.45) is 0 Å². The highest BCUT2D eigenvalue weighted by atomic mass is 32.1. The lowest BCUT2D eigenvalue weighted by Crippen LogP contribution is -2.34. The van der Waals surface area contributed by atoms with E-state index in [0.717, 1.165) is 33.4 Å². The van der Waals surface area contributed by atoms with Crippen LogP contribution in [0.2, 0.25) is 0 Å². The largest absolute Gasteiger partial charge is 0.382 e. The zero-order valence-electron chi connectivity index (χ0n) is 12.7.